The maximum absolute atomic E-state index is 12.2. The van der Waals surface area contributed by atoms with Crippen molar-refractivity contribution < 1.29 is 4.79 Å². The predicted octanol–water partition coefficient (Wildman–Crippen LogP) is 6.81. The van der Waals surface area contributed by atoms with E-state index in [-0.39, 0.29) is 28.7 Å². The molecule has 3 aromatic rings. The summed E-state index contributed by atoms with van der Waals surface area (Å²) in [5.74, 6) is -0.00680. The van der Waals surface area contributed by atoms with Gasteiger partial charge in [0.2, 0.25) is 5.91 Å². The van der Waals surface area contributed by atoms with Gasteiger partial charge in [-0.1, -0.05) is 90.9 Å². The fourth-order valence-electron chi connectivity index (χ4n) is 3.92. The topological polar surface area (TPSA) is 42.0 Å². The lowest BCUT2D eigenvalue weighted by Gasteiger charge is -2.30. The molecule has 1 aromatic heterocycles. The highest BCUT2D eigenvalue weighted by atomic mass is 16.1. The lowest BCUT2D eigenvalue weighted by atomic mass is 9.77. The summed E-state index contributed by atoms with van der Waals surface area (Å²) in [6.07, 6.45) is 0. The van der Waals surface area contributed by atoms with Crippen LogP contribution < -0.4 is 5.32 Å². The largest absolute Gasteiger partial charge is 0.349 e. The molecule has 0 radical (unpaired) electrons. The summed E-state index contributed by atoms with van der Waals surface area (Å²) in [7, 11) is 0. The van der Waals surface area contributed by atoms with Crippen molar-refractivity contribution >= 4 is 16.8 Å². The summed E-state index contributed by atoms with van der Waals surface area (Å²) in [5, 5.41) is 4.35. The molecule has 0 bridgehead atoms. The van der Waals surface area contributed by atoms with E-state index in [2.05, 4.69) is 90.2 Å². The van der Waals surface area contributed by atoms with Crippen molar-refractivity contribution in [3.8, 4) is 0 Å². The zero-order chi connectivity index (χ0) is 23.0. The number of hydrogen-bond donors (Lipinski definition) is 1. The van der Waals surface area contributed by atoms with Gasteiger partial charge in [-0.05, 0) is 39.7 Å². The second-order valence-electron chi connectivity index (χ2n) is 10.7. The zero-order valence-electron chi connectivity index (χ0n) is 20.2. The number of carbonyl (C=O) groups is 1. The molecule has 31 heavy (non-hydrogen) atoms. The van der Waals surface area contributed by atoms with Gasteiger partial charge in [0.15, 0.2) is 0 Å². The van der Waals surface area contributed by atoms with Gasteiger partial charge in [-0.15, -0.1) is 0 Å². The number of nitrogens with one attached hydrogen (secondary N) is 1. The van der Waals surface area contributed by atoms with E-state index in [9.17, 15) is 4.79 Å². The highest BCUT2D eigenvalue weighted by Gasteiger charge is 2.27. The lowest BCUT2D eigenvalue weighted by Crippen LogP contribution is -2.31. The van der Waals surface area contributed by atoms with E-state index < -0.39 is 0 Å². The number of para-hydroxylation sites is 1. The number of aromatic nitrogens is 1. The molecular formula is C28H36N2O. The molecule has 2 atom stereocenters. The van der Waals surface area contributed by atoms with Crippen LogP contribution in [0.5, 0.6) is 0 Å². The molecule has 0 saturated carbocycles. The second kappa shape index (κ2) is 8.45. The first-order chi connectivity index (χ1) is 14.4. The number of fused-ring (bicyclic) bond motifs is 1. The van der Waals surface area contributed by atoms with Crippen molar-refractivity contribution in [3.63, 3.8) is 0 Å². The number of benzene rings is 2. The molecule has 164 valence electrons. The summed E-state index contributed by atoms with van der Waals surface area (Å²) in [6, 6.07) is 19.0. The van der Waals surface area contributed by atoms with Crippen LogP contribution in [0.4, 0.5) is 0 Å². The van der Waals surface area contributed by atoms with Gasteiger partial charge in [-0.3, -0.25) is 9.78 Å². The Labute approximate surface area is 187 Å². The smallest absolute Gasteiger partial charge is 0.217 e. The lowest BCUT2D eigenvalue weighted by molar-refractivity contribution is -0.119. The fourth-order valence-corrected chi connectivity index (χ4v) is 3.92. The Morgan fingerprint density at radius 3 is 2.00 bits per heavy atom. The summed E-state index contributed by atoms with van der Waals surface area (Å²) < 4.78 is 0. The van der Waals surface area contributed by atoms with Crippen LogP contribution in [0.3, 0.4) is 0 Å². The molecule has 0 saturated heterocycles. The van der Waals surface area contributed by atoms with Crippen molar-refractivity contribution in [2.24, 2.45) is 0 Å². The number of rotatable bonds is 4. The summed E-state index contributed by atoms with van der Waals surface area (Å²) >= 11 is 0. The van der Waals surface area contributed by atoms with Gasteiger partial charge in [0.1, 0.15) is 0 Å². The van der Waals surface area contributed by atoms with E-state index in [0.717, 1.165) is 22.2 Å². The molecule has 0 spiro atoms. The average molecular weight is 417 g/mol. The van der Waals surface area contributed by atoms with E-state index in [4.69, 9.17) is 4.98 Å². The quantitative estimate of drug-likeness (QED) is 0.507. The van der Waals surface area contributed by atoms with Crippen LogP contribution in [0.2, 0.25) is 0 Å². The third-order valence-electron chi connectivity index (χ3n) is 5.99. The van der Waals surface area contributed by atoms with E-state index in [1.165, 1.54) is 11.1 Å². The first-order valence-electron chi connectivity index (χ1n) is 11.1. The Bertz CT molecular complexity index is 1050. The predicted molar refractivity (Wildman–Crippen MR) is 131 cm³/mol. The van der Waals surface area contributed by atoms with Crippen molar-refractivity contribution in [3.05, 3.63) is 77.0 Å². The van der Waals surface area contributed by atoms with Crippen molar-refractivity contribution in [2.45, 2.75) is 78.2 Å². The van der Waals surface area contributed by atoms with Gasteiger partial charge < -0.3 is 5.32 Å². The molecule has 0 aliphatic heterocycles. The molecule has 2 aromatic carbocycles. The molecule has 0 aliphatic rings. The molecule has 0 fully saturated rings. The standard InChI is InChI=1S/C28H36N2O/c1-18(24-14-13-20-11-9-10-12-25(20)30-24)26(29-19(2)31)21-15-22(27(3,4)5)17-23(16-21)28(6,7)8/h9-18,26H,1-8H3,(H,29,31)/t18-,26-/m1/s1. The van der Waals surface area contributed by atoms with Gasteiger partial charge in [0.25, 0.3) is 0 Å². The first kappa shape index (κ1) is 23.0. The Hall–Kier alpha value is -2.68. The van der Waals surface area contributed by atoms with Gasteiger partial charge in [-0.2, -0.15) is 0 Å². The Morgan fingerprint density at radius 1 is 0.871 bits per heavy atom. The minimum absolute atomic E-state index is 0.0151. The number of hydrogen-bond acceptors (Lipinski definition) is 2. The number of pyridine rings is 1. The maximum atomic E-state index is 12.2. The first-order valence-corrected chi connectivity index (χ1v) is 11.1. The Balaban J connectivity index is 2.14. The molecule has 3 heteroatoms. The molecule has 1 N–H and O–H groups in total. The highest BCUT2D eigenvalue weighted by molar-refractivity contribution is 5.78. The van der Waals surface area contributed by atoms with Crippen LogP contribution in [0.25, 0.3) is 10.9 Å². The minimum atomic E-state index is -0.158. The monoisotopic (exact) mass is 416 g/mol. The van der Waals surface area contributed by atoms with Crippen molar-refractivity contribution in [1.82, 2.24) is 10.3 Å². The molecule has 0 aliphatic carbocycles. The highest BCUT2D eigenvalue weighted by Crippen LogP contribution is 2.36. The van der Waals surface area contributed by atoms with Gasteiger partial charge in [-0.25, -0.2) is 0 Å². The minimum Gasteiger partial charge on any atom is -0.349 e. The average Bonchev–Trinajstić information content (AvgIpc) is 2.69. The second-order valence-corrected chi connectivity index (χ2v) is 10.7. The van der Waals surface area contributed by atoms with Crippen LogP contribution >= 0.6 is 0 Å². The Kier molecular flexibility index (Phi) is 6.27. The maximum Gasteiger partial charge on any atom is 0.217 e. The third-order valence-corrected chi connectivity index (χ3v) is 5.99. The normalized spacial score (nSPS) is 14.3. The van der Waals surface area contributed by atoms with Crippen LogP contribution in [-0.4, -0.2) is 10.9 Å². The van der Waals surface area contributed by atoms with Crippen LogP contribution in [-0.2, 0) is 15.6 Å². The van der Waals surface area contributed by atoms with Gasteiger partial charge >= 0.3 is 0 Å². The van der Waals surface area contributed by atoms with Gasteiger partial charge in [0, 0.05) is 23.9 Å². The molecule has 0 unspecified atom stereocenters. The molecule has 1 amide bonds. The SMILES string of the molecule is CC(=O)N[C@@H](c1cc(C(C)(C)C)cc(C(C)(C)C)c1)[C@H](C)c1ccc2ccccc2n1. The van der Waals surface area contributed by atoms with Gasteiger partial charge in [0.05, 0.1) is 11.6 Å². The van der Waals surface area contributed by atoms with Crippen molar-refractivity contribution in [2.75, 3.05) is 0 Å². The van der Waals surface area contributed by atoms with E-state index in [1.807, 2.05) is 18.2 Å². The Morgan fingerprint density at radius 2 is 1.45 bits per heavy atom. The summed E-state index contributed by atoms with van der Waals surface area (Å²) in [5.41, 5.74) is 5.69. The van der Waals surface area contributed by atoms with Crippen LogP contribution in [0, 0.1) is 0 Å². The van der Waals surface area contributed by atoms with Crippen LogP contribution in [0.1, 0.15) is 89.7 Å². The molecule has 1 heterocycles. The number of carbonyl (C=O) groups excluding carboxylic acids is 1. The molecular weight excluding hydrogens is 380 g/mol. The number of nitrogens with zero attached hydrogens (tertiary/aromatic N) is 1. The van der Waals surface area contributed by atoms with E-state index >= 15 is 0 Å². The summed E-state index contributed by atoms with van der Waals surface area (Å²) in [4.78, 5) is 17.1. The van der Waals surface area contributed by atoms with Crippen LogP contribution in [0.15, 0.2) is 54.6 Å². The fraction of sp³-hybridized carbons (Fsp3) is 0.429. The number of amides is 1. The van der Waals surface area contributed by atoms with Crippen molar-refractivity contribution in [1.29, 1.82) is 0 Å². The van der Waals surface area contributed by atoms with E-state index in [0.29, 0.717) is 0 Å². The molecule has 3 rings (SSSR count). The molecule has 3 nitrogen and oxygen atoms in total. The van der Waals surface area contributed by atoms with E-state index in [1.54, 1.807) is 6.92 Å². The zero-order valence-corrected chi connectivity index (χ0v) is 20.2. The summed E-state index contributed by atoms with van der Waals surface area (Å²) in [6.45, 7) is 17.2. The third kappa shape index (κ3) is 5.33.